The van der Waals surface area contributed by atoms with Crippen molar-refractivity contribution in [2.24, 2.45) is 0 Å². The van der Waals surface area contributed by atoms with Crippen molar-refractivity contribution in [3.8, 4) is 0 Å². The Morgan fingerprint density at radius 1 is 1.44 bits per heavy atom. The average Bonchev–Trinajstić information content (AvgIpc) is 2.31. The smallest absolute Gasteiger partial charge is 0.367 e. The number of rotatable bonds is 4. The zero-order valence-corrected chi connectivity index (χ0v) is 10.8. The van der Waals surface area contributed by atoms with Crippen LogP contribution in [0.3, 0.4) is 0 Å². The van der Waals surface area contributed by atoms with Crippen molar-refractivity contribution in [1.29, 1.82) is 0 Å². The monoisotopic (exact) mass is 238 g/mol. The maximum absolute atomic E-state index is 11.1. The normalized spacial score (nSPS) is 12.2. The third-order valence-electron chi connectivity index (χ3n) is 2.69. The van der Waals surface area contributed by atoms with Crippen LogP contribution in [0.5, 0.6) is 0 Å². The largest absolute Gasteiger partial charge is 0.461 e. The van der Waals surface area contributed by atoms with Gasteiger partial charge in [-0.2, -0.15) is 0 Å². The Morgan fingerprint density at radius 3 is 2.69 bits per heavy atom. The van der Waals surface area contributed by atoms with Gasteiger partial charge in [0.25, 0.3) is 0 Å². The molecule has 1 aromatic rings. The van der Waals surface area contributed by atoms with E-state index in [1.807, 2.05) is 12.1 Å². The van der Waals surface area contributed by atoms with Crippen molar-refractivity contribution in [3.63, 3.8) is 0 Å². The number of hydrogen-bond acceptors (Lipinski definition) is 3. The van der Waals surface area contributed by atoms with E-state index >= 15 is 0 Å². The fourth-order valence-electron chi connectivity index (χ4n) is 1.70. The number of carbonyl (C=O) groups excluding carboxylic acids is 1. The van der Waals surface area contributed by atoms with E-state index < -0.39 is 0 Å². The highest BCUT2D eigenvalue weighted by Gasteiger charge is 2.13. The van der Waals surface area contributed by atoms with E-state index in [-0.39, 0.29) is 5.30 Å². The van der Waals surface area contributed by atoms with Gasteiger partial charge in [0.05, 0.1) is 7.11 Å². The second-order valence-electron chi connectivity index (χ2n) is 3.73. The van der Waals surface area contributed by atoms with Crippen LogP contribution in [0, 0.1) is 6.92 Å². The summed E-state index contributed by atoms with van der Waals surface area (Å²) < 4.78 is 4.64. The van der Waals surface area contributed by atoms with Crippen LogP contribution in [-0.2, 0) is 4.74 Å². The Kier molecular flexibility index (Phi) is 5.39. The van der Waals surface area contributed by atoms with Gasteiger partial charge in [0.2, 0.25) is 0 Å². The highest BCUT2D eigenvalue weighted by Crippen LogP contribution is 2.27. The molecule has 0 N–H and O–H groups in total. The lowest BCUT2D eigenvalue weighted by atomic mass is 9.94. The first-order chi connectivity index (χ1) is 7.69. The topological polar surface area (TPSA) is 26.3 Å². The molecule has 88 valence electrons. The van der Waals surface area contributed by atoms with Gasteiger partial charge in [-0.15, -0.1) is 0 Å². The molecule has 16 heavy (non-hydrogen) atoms. The number of hydrogen-bond donors (Lipinski definition) is 0. The van der Waals surface area contributed by atoms with E-state index in [1.165, 1.54) is 30.0 Å². The van der Waals surface area contributed by atoms with Crippen LogP contribution in [0.4, 0.5) is 4.79 Å². The van der Waals surface area contributed by atoms with Gasteiger partial charge in [0, 0.05) is 5.75 Å². The van der Waals surface area contributed by atoms with E-state index in [1.54, 1.807) is 0 Å². The van der Waals surface area contributed by atoms with Gasteiger partial charge in [-0.25, -0.2) is 4.79 Å². The predicted octanol–water partition coefficient (Wildman–Crippen LogP) is 3.99. The molecule has 0 spiro atoms. The number of thioether (sulfide) groups is 1. The van der Waals surface area contributed by atoms with Crippen LogP contribution < -0.4 is 0 Å². The van der Waals surface area contributed by atoms with Crippen molar-refractivity contribution < 1.29 is 9.53 Å². The van der Waals surface area contributed by atoms with Gasteiger partial charge < -0.3 is 4.74 Å². The van der Waals surface area contributed by atoms with E-state index in [0.29, 0.717) is 5.92 Å². The summed E-state index contributed by atoms with van der Waals surface area (Å²) >= 11 is 1.25. The van der Waals surface area contributed by atoms with Crippen molar-refractivity contribution in [3.05, 3.63) is 35.4 Å². The summed E-state index contributed by atoms with van der Waals surface area (Å²) in [5.41, 5.74) is 2.63. The number of methoxy groups -OCH3 is 1. The zero-order chi connectivity index (χ0) is 12.0. The molecule has 0 aliphatic carbocycles. The van der Waals surface area contributed by atoms with Crippen LogP contribution in [0.25, 0.3) is 0 Å². The Labute approximate surface area is 101 Å². The molecule has 0 amide bonds. The van der Waals surface area contributed by atoms with Crippen LogP contribution in [-0.4, -0.2) is 18.2 Å². The van der Waals surface area contributed by atoms with Gasteiger partial charge in [0.1, 0.15) is 0 Å². The standard InChI is InChI=1S/C13H18O2S/c1-4-11(9-16-13(14)15-3)12-8-6-5-7-10(12)2/h5-8,11H,4,9H2,1-3H3. The molecule has 0 aliphatic heterocycles. The SMILES string of the molecule is CCC(CSC(=O)OC)c1ccccc1C. The summed E-state index contributed by atoms with van der Waals surface area (Å²) in [5, 5.41) is -0.202. The van der Waals surface area contributed by atoms with Gasteiger partial charge in [-0.1, -0.05) is 31.2 Å². The second kappa shape index (κ2) is 6.59. The van der Waals surface area contributed by atoms with Crippen molar-refractivity contribution >= 4 is 17.1 Å². The van der Waals surface area contributed by atoms with Crippen LogP contribution in [0.2, 0.25) is 0 Å². The molecule has 1 aromatic carbocycles. The summed E-state index contributed by atoms with van der Waals surface area (Å²) in [4.78, 5) is 11.1. The molecule has 0 saturated heterocycles. The summed E-state index contributed by atoms with van der Waals surface area (Å²) in [5.74, 6) is 1.21. The van der Waals surface area contributed by atoms with E-state index in [9.17, 15) is 4.79 Å². The molecule has 0 aliphatic rings. The third kappa shape index (κ3) is 3.56. The van der Waals surface area contributed by atoms with Crippen LogP contribution in [0.1, 0.15) is 30.4 Å². The van der Waals surface area contributed by atoms with Gasteiger partial charge >= 0.3 is 5.30 Å². The number of benzene rings is 1. The predicted molar refractivity (Wildman–Crippen MR) is 69.1 cm³/mol. The van der Waals surface area contributed by atoms with Gasteiger partial charge in [0.15, 0.2) is 0 Å². The summed E-state index contributed by atoms with van der Waals surface area (Å²) in [6.07, 6.45) is 1.04. The minimum absolute atomic E-state index is 0.202. The lowest BCUT2D eigenvalue weighted by Crippen LogP contribution is -2.05. The Morgan fingerprint density at radius 2 is 2.12 bits per heavy atom. The number of aryl methyl sites for hydroxylation is 1. The molecule has 3 heteroatoms. The molecule has 0 aromatic heterocycles. The zero-order valence-electron chi connectivity index (χ0n) is 10.0. The van der Waals surface area contributed by atoms with Gasteiger partial charge in [-0.05, 0) is 42.2 Å². The van der Waals surface area contributed by atoms with E-state index in [0.717, 1.165) is 12.2 Å². The number of carbonyl (C=O) groups is 1. The first kappa shape index (κ1) is 13.1. The fraction of sp³-hybridized carbons (Fsp3) is 0.462. The Hall–Kier alpha value is -0.960. The number of ether oxygens (including phenoxy) is 1. The minimum atomic E-state index is -0.202. The molecule has 1 atom stereocenters. The summed E-state index contributed by atoms with van der Waals surface area (Å²) in [6.45, 7) is 4.26. The molecule has 0 fully saturated rings. The third-order valence-corrected chi connectivity index (χ3v) is 3.66. The van der Waals surface area contributed by atoms with Crippen molar-refractivity contribution in [1.82, 2.24) is 0 Å². The maximum Gasteiger partial charge on any atom is 0.367 e. The molecule has 2 nitrogen and oxygen atoms in total. The Bertz CT molecular complexity index is 350. The molecule has 1 unspecified atom stereocenters. The molecule has 0 saturated carbocycles. The lowest BCUT2D eigenvalue weighted by Gasteiger charge is -2.16. The van der Waals surface area contributed by atoms with Crippen molar-refractivity contribution in [2.45, 2.75) is 26.2 Å². The van der Waals surface area contributed by atoms with E-state index in [2.05, 4.69) is 30.7 Å². The molecular weight excluding hydrogens is 220 g/mol. The Balaban J connectivity index is 2.68. The molecular formula is C13H18O2S. The second-order valence-corrected chi connectivity index (χ2v) is 4.68. The quantitative estimate of drug-likeness (QED) is 0.742. The molecule has 0 bridgehead atoms. The first-order valence-electron chi connectivity index (χ1n) is 5.45. The fourth-order valence-corrected chi connectivity index (χ4v) is 2.57. The summed E-state index contributed by atoms with van der Waals surface area (Å²) in [6, 6.07) is 8.34. The maximum atomic E-state index is 11.1. The van der Waals surface area contributed by atoms with Crippen molar-refractivity contribution in [2.75, 3.05) is 12.9 Å². The molecule has 1 rings (SSSR count). The van der Waals surface area contributed by atoms with Gasteiger partial charge in [-0.3, -0.25) is 0 Å². The highest BCUT2D eigenvalue weighted by atomic mass is 32.2. The molecule has 0 heterocycles. The highest BCUT2D eigenvalue weighted by molar-refractivity contribution is 8.13. The lowest BCUT2D eigenvalue weighted by molar-refractivity contribution is 0.200. The van der Waals surface area contributed by atoms with Crippen LogP contribution >= 0.6 is 11.8 Å². The summed E-state index contributed by atoms with van der Waals surface area (Å²) in [7, 11) is 1.42. The average molecular weight is 238 g/mol. The molecule has 0 radical (unpaired) electrons. The minimum Gasteiger partial charge on any atom is -0.461 e. The van der Waals surface area contributed by atoms with Crippen LogP contribution in [0.15, 0.2) is 24.3 Å². The van der Waals surface area contributed by atoms with E-state index in [4.69, 9.17) is 0 Å². The first-order valence-corrected chi connectivity index (χ1v) is 6.43.